The molecule has 1 aromatic carbocycles. The minimum atomic E-state index is -0.462. The minimum absolute atomic E-state index is 0.165. The third kappa shape index (κ3) is 4.64. The van der Waals surface area contributed by atoms with Crippen molar-refractivity contribution in [3.8, 4) is 0 Å². The third-order valence-electron chi connectivity index (χ3n) is 4.34. The monoisotopic (exact) mass is 382 g/mol. The number of anilines is 1. The Morgan fingerprint density at radius 1 is 1.18 bits per heavy atom. The molecule has 0 saturated carbocycles. The van der Waals surface area contributed by atoms with Gasteiger partial charge in [-0.3, -0.25) is 14.4 Å². The topological polar surface area (TPSA) is 104 Å². The first-order valence-corrected chi connectivity index (χ1v) is 8.99. The molecule has 1 aromatic heterocycles. The van der Waals surface area contributed by atoms with Crippen molar-refractivity contribution < 1.29 is 18.8 Å². The molecule has 0 radical (unpaired) electrons. The second-order valence-electron chi connectivity index (χ2n) is 6.58. The molecule has 2 aromatic rings. The lowest BCUT2D eigenvalue weighted by atomic mass is 10.1. The molecule has 0 saturated heterocycles. The lowest BCUT2D eigenvalue weighted by Gasteiger charge is -2.24. The predicted octanol–water partition coefficient (Wildman–Crippen LogP) is 1.81. The summed E-state index contributed by atoms with van der Waals surface area (Å²) in [7, 11) is 0. The Labute approximate surface area is 162 Å². The van der Waals surface area contributed by atoms with Gasteiger partial charge in [0.15, 0.2) is 0 Å². The Kier molecular flexibility index (Phi) is 5.88. The molecule has 0 unspecified atom stereocenters. The summed E-state index contributed by atoms with van der Waals surface area (Å²) in [5, 5.41) is 10.7. The second-order valence-corrected chi connectivity index (χ2v) is 6.58. The number of amides is 3. The third-order valence-corrected chi connectivity index (χ3v) is 4.34. The molecule has 146 valence electrons. The molecule has 3 rings (SSSR count). The summed E-state index contributed by atoms with van der Waals surface area (Å²) in [5.41, 5.74) is 2.76. The van der Waals surface area contributed by atoms with Gasteiger partial charge in [0.2, 0.25) is 11.8 Å². The maximum atomic E-state index is 12.4. The normalized spacial score (nSPS) is 13.9. The van der Waals surface area contributed by atoms with Crippen molar-refractivity contribution in [3.63, 3.8) is 0 Å². The molecule has 3 amide bonds. The summed E-state index contributed by atoms with van der Waals surface area (Å²) in [6.07, 6.45) is 1.94. The Balaban J connectivity index is 1.61. The van der Waals surface area contributed by atoms with Crippen LogP contribution in [-0.2, 0) is 20.9 Å². The summed E-state index contributed by atoms with van der Waals surface area (Å²) in [6, 6.07) is 9.19. The first-order chi connectivity index (χ1) is 13.4. The van der Waals surface area contributed by atoms with E-state index in [9.17, 15) is 14.4 Å². The Morgan fingerprint density at radius 2 is 2.00 bits per heavy atom. The molecule has 0 bridgehead atoms. The first-order valence-electron chi connectivity index (χ1n) is 8.99. The van der Waals surface area contributed by atoms with Crippen LogP contribution < -0.4 is 15.6 Å². The molecule has 2 heterocycles. The number of rotatable bonds is 6. The summed E-state index contributed by atoms with van der Waals surface area (Å²) in [5.74, 6) is -0.347. The van der Waals surface area contributed by atoms with E-state index in [0.29, 0.717) is 11.4 Å². The van der Waals surface area contributed by atoms with Gasteiger partial charge in [-0.1, -0.05) is 12.1 Å². The average molecular weight is 382 g/mol. The SMILES string of the molecule is Cc1ccc(C)c(N2N=C(C(=O)NCC(=O)NCc3ccco3)CCC2=O)c1. The van der Waals surface area contributed by atoms with E-state index in [-0.39, 0.29) is 43.5 Å². The zero-order chi connectivity index (χ0) is 20.1. The number of hydrazone groups is 1. The van der Waals surface area contributed by atoms with Crippen molar-refractivity contribution in [1.29, 1.82) is 0 Å². The number of aryl methyl sites for hydroxylation is 2. The Morgan fingerprint density at radius 3 is 2.75 bits per heavy atom. The van der Waals surface area contributed by atoms with Crippen LogP contribution in [0, 0.1) is 13.8 Å². The van der Waals surface area contributed by atoms with Crippen LogP contribution in [0.15, 0.2) is 46.1 Å². The van der Waals surface area contributed by atoms with Crippen LogP contribution in [0.3, 0.4) is 0 Å². The van der Waals surface area contributed by atoms with Crippen LogP contribution in [0.1, 0.15) is 29.7 Å². The molecule has 1 aliphatic heterocycles. The van der Waals surface area contributed by atoms with Gasteiger partial charge < -0.3 is 15.1 Å². The van der Waals surface area contributed by atoms with Gasteiger partial charge in [0.25, 0.3) is 5.91 Å². The zero-order valence-corrected chi connectivity index (χ0v) is 15.8. The second kappa shape index (κ2) is 8.51. The highest BCUT2D eigenvalue weighted by molar-refractivity contribution is 6.40. The van der Waals surface area contributed by atoms with Gasteiger partial charge in [-0.2, -0.15) is 5.10 Å². The molecule has 0 aliphatic carbocycles. The molecule has 8 heteroatoms. The lowest BCUT2D eigenvalue weighted by Crippen LogP contribution is -2.43. The van der Waals surface area contributed by atoms with Crippen LogP contribution in [0.5, 0.6) is 0 Å². The van der Waals surface area contributed by atoms with Gasteiger partial charge in [0.1, 0.15) is 11.5 Å². The largest absolute Gasteiger partial charge is 0.467 e. The Bertz CT molecular complexity index is 918. The summed E-state index contributed by atoms with van der Waals surface area (Å²) >= 11 is 0. The van der Waals surface area contributed by atoms with Crippen molar-refractivity contribution in [3.05, 3.63) is 53.5 Å². The van der Waals surface area contributed by atoms with Crippen molar-refractivity contribution in [1.82, 2.24) is 10.6 Å². The number of furan rings is 1. The molecular formula is C20H22N4O4. The maximum absolute atomic E-state index is 12.4. The molecule has 2 N–H and O–H groups in total. The number of hydrogen-bond donors (Lipinski definition) is 2. The van der Waals surface area contributed by atoms with Gasteiger partial charge in [0, 0.05) is 12.8 Å². The van der Waals surface area contributed by atoms with Gasteiger partial charge in [0.05, 0.1) is 25.0 Å². The van der Waals surface area contributed by atoms with E-state index in [2.05, 4.69) is 15.7 Å². The van der Waals surface area contributed by atoms with Crippen molar-refractivity contribution >= 4 is 29.1 Å². The van der Waals surface area contributed by atoms with Crippen molar-refractivity contribution in [2.75, 3.05) is 11.6 Å². The molecule has 1 aliphatic rings. The smallest absolute Gasteiger partial charge is 0.267 e. The number of nitrogens with zero attached hydrogens (tertiary/aromatic N) is 2. The molecule has 28 heavy (non-hydrogen) atoms. The number of benzene rings is 1. The molecule has 0 fully saturated rings. The molecule has 0 spiro atoms. The molecule has 8 nitrogen and oxygen atoms in total. The fourth-order valence-electron chi connectivity index (χ4n) is 2.78. The van der Waals surface area contributed by atoms with Crippen molar-refractivity contribution in [2.45, 2.75) is 33.2 Å². The highest BCUT2D eigenvalue weighted by atomic mass is 16.3. The quantitative estimate of drug-likeness (QED) is 0.795. The van der Waals surface area contributed by atoms with Crippen LogP contribution >= 0.6 is 0 Å². The number of carbonyl (C=O) groups excluding carboxylic acids is 3. The maximum Gasteiger partial charge on any atom is 0.267 e. The standard InChI is InChI=1S/C20H22N4O4/c1-13-5-6-14(2)17(10-13)24-19(26)8-7-16(23-24)20(27)22-12-18(25)21-11-15-4-3-9-28-15/h3-6,9-10H,7-8,11-12H2,1-2H3,(H,21,25)(H,22,27). The summed E-state index contributed by atoms with van der Waals surface area (Å²) in [6.45, 7) is 3.87. The Hall–Kier alpha value is -3.42. The average Bonchev–Trinajstić information content (AvgIpc) is 3.20. The summed E-state index contributed by atoms with van der Waals surface area (Å²) < 4.78 is 5.13. The van der Waals surface area contributed by atoms with Gasteiger partial charge in [-0.15, -0.1) is 0 Å². The highest BCUT2D eigenvalue weighted by Crippen LogP contribution is 2.25. The molecule has 0 atom stereocenters. The van der Waals surface area contributed by atoms with Crippen LogP contribution in [0.25, 0.3) is 0 Å². The van der Waals surface area contributed by atoms with E-state index in [1.807, 2.05) is 32.0 Å². The summed E-state index contributed by atoms with van der Waals surface area (Å²) in [4.78, 5) is 36.6. The lowest BCUT2D eigenvalue weighted by molar-refractivity contribution is -0.123. The highest BCUT2D eigenvalue weighted by Gasteiger charge is 2.26. The fraction of sp³-hybridized carbons (Fsp3) is 0.300. The van der Waals surface area contributed by atoms with Gasteiger partial charge >= 0.3 is 0 Å². The van der Waals surface area contributed by atoms with E-state index in [0.717, 1.165) is 11.1 Å². The zero-order valence-electron chi connectivity index (χ0n) is 15.8. The number of carbonyl (C=O) groups is 3. The van der Waals surface area contributed by atoms with Crippen LogP contribution in [0.2, 0.25) is 0 Å². The molecular weight excluding hydrogens is 360 g/mol. The fourth-order valence-corrected chi connectivity index (χ4v) is 2.78. The van der Waals surface area contributed by atoms with Gasteiger partial charge in [-0.25, -0.2) is 5.01 Å². The van der Waals surface area contributed by atoms with E-state index in [4.69, 9.17) is 4.42 Å². The van der Waals surface area contributed by atoms with E-state index in [1.165, 1.54) is 11.3 Å². The van der Waals surface area contributed by atoms with Crippen LogP contribution in [-0.4, -0.2) is 30.0 Å². The van der Waals surface area contributed by atoms with E-state index >= 15 is 0 Å². The number of nitrogens with one attached hydrogen (secondary N) is 2. The van der Waals surface area contributed by atoms with E-state index in [1.54, 1.807) is 12.1 Å². The first kappa shape index (κ1) is 19.3. The predicted molar refractivity (Wildman–Crippen MR) is 104 cm³/mol. The van der Waals surface area contributed by atoms with Crippen molar-refractivity contribution in [2.24, 2.45) is 5.10 Å². The number of hydrogen-bond acceptors (Lipinski definition) is 5. The van der Waals surface area contributed by atoms with Gasteiger partial charge in [-0.05, 0) is 43.2 Å². The minimum Gasteiger partial charge on any atom is -0.467 e. The van der Waals surface area contributed by atoms with Crippen LogP contribution in [0.4, 0.5) is 5.69 Å². The van der Waals surface area contributed by atoms with E-state index < -0.39 is 5.91 Å².